The van der Waals surface area contributed by atoms with Crippen LogP contribution in [0.3, 0.4) is 0 Å². The zero-order valence-corrected chi connectivity index (χ0v) is 9.33. The van der Waals surface area contributed by atoms with Crippen LogP contribution in [0.1, 0.15) is 34.3 Å². The summed E-state index contributed by atoms with van der Waals surface area (Å²) in [5.74, 6) is 0. The van der Waals surface area contributed by atoms with E-state index in [9.17, 15) is 0 Å². The van der Waals surface area contributed by atoms with Gasteiger partial charge in [-0.25, -0.2) is 0 Å². The molecule has 1 aromatic heterocycles. The second-order valence-corrected chi connectivity index (χ2v) is 5.13. The lowest BCUT2D eigenvalue weighted by molar-refractivity contribution is 0.798. The fraction of sp³-hybridized carbons (Fsp3) is 0.556. The predicted octanol–water partition coefficient (Wildman–Crippen LogP) is 4.29. The Hall–Kier alpha value is 0.180. The minimum absolute atomic E-state index is 0.575. The number of hydrogen-bond acceptors (Lipinski definition) is 1. The summed E-state index contributed by atoms with van der Waals surface area (Å²) in [7, 11) is 0. The number of halogens is 1. The van der Waals surface area contributed by atoms with E-state index in [2.05, 4.69) is 41.9 Å². The van der Waals surface area contributed by atoms with E-state index in [0.29, 0.717) is 4.83 Å². The van der Waals surface area contributed by atoms with E-state index >= 15 is 0 Å². The topological polar surface area (TPSA) is 0 Å². The molecule has 1 atom stereocenters. The van der Waals surface area contributed by atoms with Crippen LogP contribution in [0.25, 0.3) is 0 Å². The molecule has 0 aromatic carbocycles. The van der Waals surface area contributed by atoms with E-state index in [-0.39, 0.29) is 0 Å². The maximum absolute atomic E-state index is 3.67. The zero-order chi connectivity index (χ0) is 8.27. The molecule has 0 aliphatic heterocycles. The van der Waals surface area contributed by atoms with Gasteiger partial charge in [0.15, 0.2) is 0 Å². The smallest absolute Gasteiger partial charge is 0.0489 e. The highest BCUT2D eigenvalue weighted by atomic mass is 79.9. The van der Waals surface area contributed by atoms with Crippen LogP contribution in [-0.2, 0) is 0 Å². The molecule has 62 valence electrons. The second kappa shape index (κ2) is 4.27. The van der Waals surface area contributed by atoms with Crippen molar-refractivity contribution in [2.45, 2.75) is 31.5 Å². The molecule has 0 amide bonds. The molecule has 0 bridgehead atoms. The van der Waals surface area contributed by atoms with Crippen LogP contribution in [0.15, 0.2) is 12.1 Å². The molecule has 0 radical (unpaired) electrons. The van der Waals surface area contributed by atoms with Gasteiger partial charge in [0.1, 0.15) is 0 Å². The third-order valence-corrected chi connectivity index (χ3v) is 3.98. The van der Waals surface area contributed by atoms with Gasteiger partial charge in [-0.15, -0.1) is 11.3 Å². The van der Waals surface area contributed by atoms with E-state index in [1.54, 1.807) is 0 Å². The number of aryl methyl sites for hydroxylation is 1. The summed E-state index contributed by atoms with van der Waals surface area (Å²) >= 11 is 5.56. The Bertz CT molecular complexity index is 217. The van der Waals surface area contributed by atoms with Gasteiger partial charge in [-0.1, -0.05) is 29.3 Å². The molecule has 11 heavy (non-hydrogen) atoms. The quantitative estimate of drug-likeness (QED) is 0.683. The molecule has 1 aromatic rings. The Morgan fingerprint density at radius 3 is 2.73 bits per heavy atom. The molecule has 1 rings (SSSR count). The molecule has 0 aliphatic rings. The van der Waals surface area contributed by atoms with E-state index in [1.165, 1.54) is 22.6 Å². The molecule has 0 saturated heterocycles. The standard InChI is InChI=1S/C9H13BrS/c1-3-4-8(10)9-6-5-7(2)11-9/h5-6,8H,3-4H2,1-2H3. The van der Waals surface area contributed by atoms with Gasteiger partial charge in [0.05, 0.1) is 0 Å². The van der Waals surface area contributed by atoms with Crippen molar-refractivity contribution >= 4 is 27.3 Å². The van der Waals surface area contributed by atoms with Crippen molar-refractivity contribution < 1.29 is 0 Å². The van der Waals surface area contributed by atoms with Gasteiger partial charge < -0.3 is 0 Å². The first-order valence-corrected chi connectivity index (χ1v) is 5.67. The van der Waals surface area contributed by atoms with Gasteiger partial charge in [-0.3, -0.25) is 0 Å². The Balaban J connectivity index is 2.60. The minimum atomic E-state index is 0.575. The third kappa shape index (κ3) is 2.60. The van der Waals surface area contributed by atoms with Gasteiger partial charge >= 0.3 is 0 Å². The van der Waals surface area contributed by atoms with E-state index in [0.717, 1.165) is 0 Å². The fourth-order valence-electron chi connectivity index (χ4n) is 1.02. The van der Waals surface area contributed by atoms with E-state index in [1.807, 2.05) is 11.3 Å². The monoisotopic (exact) mass is 232 g/mol. The molecule has 2 heteroatoms. The van der Waals surface area contributed by atoms with Gasteiger partial charge in [0.2, 0.25) is 0 Å². The van der Waals surface area contributed by atoms with Crippen molar-refractivity contribution in [3.63, 3.8) is 0 Å². The van der Waals surface area contributed by atoms with Crippen molar-refractivity contribution in [1.29, 1.82) is 0 Å². The zero-order valence-electron chi connectivity index (χ0n) is 6.93. The number of hydrogen-bond donors (Lipinski definition) is 0. The number of thiophene rings is 1. The third-order valence-electron chi connectivity index (χ3n) is 1.61. The first-order chi connectivity index (χ1) is 5.24. The van der Waals surface area contributed by atoms with Gasteiger partial charge in [-0.05, 0) is 25.5 Å². The van der Waals surface area contributed by atoms with Gasteiger partial charge in [0, 0.05) is 14.6 Å². The minimum Gasteiger partial charge on any atom is -0.145 e. The molecule has 1 unspecified atom stereocenters. The summed E-state index contributed by atoms with van der Waals surface area (Å²) in [4.78, 5) is 3.44. The van der Waals surface area contributed by atoms with Crippen LogP contribution in [0.5, 0.6) is 0 Å². The van der Waals surface area contributed by atoms with Crippen LogP contribution in [-0.4, -0.2) is 0 Å². The maximum Gasteiger partial charge on any atom is 0.0489 e. The van der Waals surface area contributed by atoms with E-state index in [4.69, 9.17) is 0 Å². The molecule has 0 spiro atoms. The highest BCUT2D eigenvalue weighted by Gasteiger charge is 2.07. The first-order valence-electron chi connectivity index (χ1n) is 3.94. The highest BCUT2D eigenvalue weighted by molar-refractivity contribution is 9.09. The van der Waals surface area contributed by atoms with E-state index < -0.39 is 0 Å². The van der Waals surface area contributed by atoms with Gasteiger partial charge in [-0.2, -0.15) is 0 Å². The summed E-state index contributed by atoms with van der Waals surface area (Å²) in [5.41, 5.74) is 0. The number of rotatable bonds is 3. The average molecular weight is 233 g/mol. The van der Waals surface area contributed by atoms with Crippen LogP contribution in [0.2, 0.25) is 0 Å². The lowest BCUT2D eigenvalue weighted by Crippen LogP contribution is -1.82. The van der Waals surface area contributed by atoms with Crippen LogP contribution in [0, 0.1) is 6.92 Å². The van der Waals surface area contributed by atoms with Crippen molar-refractivity contribution in [3.05, 3.63) is 21.9 Å². The Morgan fingerprint density at radius 1 is 1.55 bits per heavy atom. The molecule has 0 aliphatic carbocycles. The van der Waals surface area contributed by atoms with Crippen molar-refractivity contribution in [3.8, 4) is 0 Å². The average Bonchev–Trinajstić information content (AvgIpc) is 2.36. The lowest BCUT2D eigenvalue weighted by Gasteiger charge is -2.03. The van der Waals surface area contributed by atoms with Crippen LogP contribution in [0.4, 0.5) is 0 Å². The molecule has 0 fully saturated rings. The van der Waals surface area contributed by atoms with Crippen LogP contribution >= 0.6 is 27.3 Å². The summed E-state index contributed by atoms with van der Waals surface area (Å²) in [6, 6.07) is 4.40. The molecule has 1 heterocycles. The molecule has 0 saturated carbocycles. The summed E-state index contributed by atoms with van der Waals surface area (Å²) in [6.07, 6.45) is 2.48. The SMILES string of the molecule is CCCC(Br)c1ccc(C)s1. The Labute approximate surface area is 80.8 Å². The predicted molar refractivity (Wildman–Crippen MR) is 55.6 cm³/mol. The second-order valence-electron chi connectivity index (χ2n) is 2.70. The van der Waals surface area contributed by atoms with Crippen molar-refractivity contribution in [1.82, 2.24) is 0 Å². The largest absolute Gasteiger partial charge is 0.145 e. The van der Waals surface area contributed by atoms with Crippen LogP contribution < -0.4 is 0 Å². The molecular formula is C9H13BrS. The fourth-order valence-corrected chi connectivity index (χ4v) is 2.80. The summed E-state index contributed by atoms with van der Waals surface area (Å²) < 4.78 is 0. The Kier molecular flexibility index (Phi) is 3.60. The van der Waals surface area contributed by atoms with Crippen molar-refractivity contribution in [2.75, 3.05) is 0 Å². The highest BCUT2D eigenvalue weighted by Crippen LogP contribution is 2.32. The maximum atomic E-state index is 3.67. The first kappa shape index (κ1) is 9.27. The number of alkyl halides is 1. The normalized spacial score (nSPS) is 13.4. The summed E-state index contributed by atoms with van der Waals surface area (Å²) in [5, 5.41) is 0. The molecule has 0 nitrogen and oxygen atoms in total. The Morgan fingerprint density at radius 2 is 2.27 bits per heavy atom. The lowest BCUT2D eigenvalue weighted by atomic mass is 10.2. The molecule has 0 N–H and O–H groups in total. The summed E-state index contributed by atoms with van der Waals surface area (Å²) in [6.45, 7) is 4.37. The molecular weight excluding hydrogens is 220 g/mol. The van der Waals surface area contributed by atoms with Gasteiger partial charge in [0.25, 0.3) is 0 Å². The van der Waals surface area contributed by atoms with Crippen molar-refractivity contribution in [2.24, 2.45) is 0 Å².